The molecule has 3 rings (SSSR count). The van der Waals surface area contributed by atoms with Crippen LogP contribution in [0.4, 0.5) is 16.3 Å². The Morgan fingerprint density at radius 2 is 1.96 bits per heavy atom. The second kappa shape index (κ2) is 7.72. The van der Waals surface area contributed by atoms with Gasteiger partial charge in [-0.3, -0.25) is 4.90 Å². The van der Waals surface area contributed by atoms with Gasteiger partial charge in [0.2, 0.25) is 0 Å². The Labute approximate surface area is 164 Å². The first-order valence-corrected chi connectivity index (χ1v) is 9.47. The average Bonchev–Trinajstić information content (AvgIpc) is 3.05. The van der Waals surface area contributed by atoms with Gasteiger partial charge in [0.25, 0.3) is 0 Å². The lowest BCUT2D eigenvalue weighted by Gasteiger charge is -2.28. The summed E-state index contributed by atoms with van der Waals surface area (Å²) in [7, 11) is 0. The molecule has 0 unspecified atom stereocenters. The molecule has 2 aromatic rings. The molecule has 1 N–H and O–H groups in total. The summed E-state index contributed by atoms with van der Waals surface area (Å²) >= 11 is 5.94. The van der Waals surface area contributed by atoms with Gasteiger partial charge in [-0.2, -0.15) is 0 Å². The van der Waals surface area contributed by atoms with E-state index in [1.54, 1.807) is 4.90 Å². The fourth-order valence-corrected chi connectivity index (χ4v) is 3.25. The van der Waals surface area contributed by atoms with Crippen molar-refractivity contribution in [3.05, 3.63) is 46.9 Å². The molecule has 7 heteroatoms. The molecule has 0 bridgehead atoms. The standard InChI is InChI=1S/C20H25ClN4O2/c1-13-22-16(12-18(23-13)24-15-9-7-14(21)8-10-15)17-6-5-11-25(17)19(26)27-20(2,3)4/h7-10,12,17H,5-6,11H2,1-4H3,(H,22,23,24)/t17-/m0/s1. The molecule has 1 fully saturated rings. The quantitative estimate of drug-likeness (QED) is 0.777. The van der Waals surface area contributed by atoms with Crippen LogP contribution in [0, 0.1) is 6.92 Å². The zero-order valence-corrected chi connectivity index (χ0v) is 16.9. The third kappa shape index (κ3) is 5.10. The fraction of sp³-hybridized carbons (Fsp3) is 0.450. The van der Waals surface area contributed by atoms with Crippen molar-refractivity contribution in [2.45, 2.75) is 52.2 Å². The zero-order chi connectivity index (χ0) is 19.6. The number of hydrogen-bond donors (Lipinski definition) is 1. The molecule has 1 aliphatic heterocycles. The van der Waals surface area contributed by atoms with Gasteiger partial charge in [-0.05, 0) is 64.8 Å². The Balaban J connectivity index is 1.82. The highest BCUT2D eigenvalue weighted by Gasteiger charge is 2.34. The number of carbonyl (C=O) groups excluding carboxylic acids is 1. The van der Waals surface area contributed by atoms with E-state index in [1.807, 2.05) is 58.0 Å². The number of anilines is 2. The van der Waals surface area contributed by atoms with Crippen molar-refractivity contribution in [3.63, 3.8) is 0 Å². The first kappa shape index (κ1) is 19.4. The van der Waals surface area contributed by atoms with E-state index < -0.39 is 5.60 Å². The van der Waals surface area contributed by atoms with Crippen LogP contribution < -0.4 is 5.32 Å². The average molecular weight is 389 g/mol. The summed E-state index contributed by atoms with van der Waals surface area (Å²) in [6.45, 7) is 8.14. The molecular weight excluding hydrogens is 364 g/mol. The number of amides is 1. The van der Waals surface area contributed by atoms with Gasteiger partial charge < -0.3 is 10.1 Å². The second-order valence-corrected chi connectivity index (χ2v) is 8.13. The number of aryl methyl sites for hydroxylation is 1. The first-order valence-electron chi connectivity index (χ1n) is 9.09. The highest BCUT2D eigenvalue weighted by molar-refractivity contribution is 6.30. The number of halogens is 1. The highest BCUT2D eigenvalue weighted by atomic mass is 35.5. The molecule has 27 heavy (non-hydrogen) atoms. The minimum Gasteiger partial charge on any atom is -0.444 e. The van der Waals surface area contributed by atoms with E-state index in [1.165, 1.54) is 0 Å². The summed E-state index contributed by atoms with van der Waals surface area (Å²) in [5, 5.41) is 3.95. The third-order valence-electron chi connectivity index (χ3n) is 4.20. The number of hydrogen-bond acceptors (Lipinski definition) is 5. The van der Waals surface area contributed by atoms with E-state index in [4.69, 9.17) is 16.3 Å². The minimum atomic E-state index is -0.521. The van der Waals surface area contributed by atoms with Crippen molar-refractivity contribution in [1.29, 1.82) is 0 Å². The predicted molar refractivity (Wildman–Crippen MR) is 106 cm³/mol. The molecule has 1 saturated heterocycles. The fourth-order valence-electron chi connectivity index (χ4n) is 3.12. The number of benzene rings is 1. The number of likely N-dealkylation sites (tertiary alicyclic amines) is 1. The lowest BCUT2D eigenvalue weighted by Crippen LogP contribution is -2.36. The van der Waals surface area contributed by atoms with Crippen molar-refractivity contribution in [2.75, 3.05) is 11.9 Å². The molecule has 0 radical (unpaired) electrons. The lowest BCUT2D eigenvalue weighted by atomic mass is 10.1. The summed E-state index contributed by atoms with van der Waals surface area (Å²) in [4.78, 5) is 23.4. The molecule has 0 spiro atoms. The molecule has 0 aliphatic carbocycles. The van der Waals surface area contributed by atoms with Gasteiger partial charge in [-0.25, -0.2) is 14.8 Å². The van der Waals surface area contributed by atoms with Crippen LogP contribution in [0.1, 0.15) is 51.2 Å². The second-order valence-electron chi connectivity index (χ2n) is 7.69. The van der Waals surface area contributed by atoms with Crippen LogP contribution in [0.3, 0.4) is 0 Å². The molecule has 0 saturated carbocycles. The van der Waals surface area contributed by atoms with Crippen molar-refractivity contribution in [2.24, 2.45) is 0 Å². The van der Waals surface area contributed by atoms with E-state index in [0.29, 0.717) is 23.2 Å². The SMILES string of the molecule is Cc1nc(Nc2ccc(Cl)cc2)cc([C@@H]2CCCN2C(=O)OC(C)(C)C)n1. The van der Waals surface area contributed by atoms with Gasteiger partial charge in [0.1, 0.15) is 17.2 Å². The molecule has 1 aliphatic rings. The highest BCUT2D eigenvalue weighted by Crippen LogP contribution is 2.33. The lowest BCUT2D eigenvalue weighted by molar-refractivity contribution is 0.0221. The molecule has 1 amide bonds. The van der Waals surface area contributed by atoms with Crippen molar-refractivity contribution >= 4 is 29.2 Å². The van der Waals surface area contributed by atoms with E-state index in [-0.39, 0.29) is 12.1 Å². The Kier molecular flexibility index (Phi) is 5.56. The monoisotopic (exact) mass is 388 g/mol. The molecule has 1 aromatic carbocycles. The number of carbonyl (C=O) groups is 1. The predicted octanol–water partition coefficient (Wildman–Crippen LogP) is 5.25. The maximum Gasteiger partial charge on any atom is 0.410 e. The van der Waals surface area contributed by atoms with Crippen LogP contribution in [0.2, 0.25) is 5.02 Å². The Morgan fingerprint density at radius 3 is 2.63 bits per heavy atom. The zero-order valence-electron chi connectivity index (χ0n) is 16.1. The van der Waals surface area contributed by atoms with Gasteiger partial charge >= 0.3 is 6.09 Å². The molecule has 1 aromatic heterocycles. The Bertz CT molecular complexity index is 818. The Hall–Kier alpha value is -2.34. The van der Waals surface area contributed by atoms with Crippen LogP contribution in [-0.4, -0.2) is 33.1 Å². The van der Waals surface area contributed by atoms with Crippen molar-refractivity contribution in [3.8, 4) is 0 Å². The van der Waals surface area contributed by atoms with Crippen molar-refractivity contribution in [1.82, 2.24) is 14.9 Å². The number of rotatable bonds is 3. The largest absolute Gasteiger partial charge is 0.444 e. The Morgan fingerprint density at radius 1 is 1.26 bits per heavy atom. The van der Waals surface area contributed by atoms with Crippen molar-refractivity contribution < 1.29 is 9.53 Å². The summed E-state index contributed by atoms with van der Waals surface area (Å²) in [5.41, 5.74) is 1.19. The summed E-state index contributed by atoms with van der Waals surface area (Å²) in [6.07, 6.45) is 1.48. The smallest absolute Gasteiger partial charge is 0.410 e. The van der Waals surface area contributed by atoms with E-state index >= 15 is 0 Å². The number of ether oxygens (including phenoxy) is 1. The van der Waals surface area contributed by atoms with Gasteiger partial charge in [-0.15, -0.1) is 0 Å². The summed E-state index contributed by atoms with van der Waals surface area (Å²) < 4.78 is 5.56. The summed E-state index contributed by atoms with van der Waals surface area (Å²) in [5.74, 6) is 1.34. The number of nitrogens with one attached hydrogen (secondary N) is 1. The van der Waals surface area contributed by atoms with Crippen LogP contribution in [0.25, 0.3) is 0 Å². The number of aromatic nitrogens is 2. The number of nitrogens with zero attached hydrogens (tertiary/aromatic N) is 3. The topological polar surface area (TPSA) is 67.4 Å². The first-order chi connectivity index (χ1) is 12.7. The molecular formula is C20H25ClN4O2. The maximum absolute atomic E-state index is 12.6. The third-order valence-corrected chi connectivity index (χ3v) is 4.45. The van der Waals surface area contributed by atoms with E-state index in [2.05, 4.69) is 15.3 Å². The normalized spacial score (nSPS) is 17.1. The van der Waals surface area contributed by atoms with E-state index in [0.717, 1.165) is 24.2 Å². The summed E-state index contributed by atoms with van der Waals surface area (Å²) in [6, 6.07) is 9.21. The van der Waals surface area contributed by atoms with Gasteiger partial charge in [0, 0.05) is 23.3 Å². The molecule has 2 heterocycles. The maximum atomic E-state index is 12.6. The molecule has 1 atom stereocenters. The van der Waals surface area contributed by atoms with Crippen LogP contribution in [0.5, 0.6) is 0 Å². The van der Waals surface area contributed by atoms with Crippen LogP contribution in [-0.2, 0) is 4.74 Å². The van der Waals surface area contributed by atoms with Gasteiger partial charge in [-0.1, -0.05) is 11.6 Å². The van der Waals surface area contributed by atoms with E-state index in [9.17, 15) is 4.79 Å². The van der Waals surface area contributed by atoms with Gasteiger partial charge in [0.05, 0.1) is 11.7 Å². The van der Waals surface area contributed by atoms with Crippen LogP contribution >= 0.6 is 11.6 Å². The molecule has 6 nitrogen and oxygen atoms in total. The minimum absolute atomic E-state index is 0.104. The molecule has 144 valence electrons. The van der Waals surface area contributed by atoms with Crippen LogP contribution in [0.15, 0.2) is 30.3 Å². The van der Waals surface area contributed by atoms with Gasteiger partial charge in [0.15, 0.2) is 0 Å².